The van der Waals surface area contributed by atoms with Gasteiger partial charge in [-0.2, -0.15) is 5.26 Å². The van der Waals surface area contributed by atoms with Crippen molar-refractivity contribution in [1.29, 1.82) is 5.26 Å². The molecule has 0 bridgehead atoms. The number of nitrogens with zero attached hydrogens (tertiary/aromatic N) is 2. The molecule has 27 heavy (non-hydrogen) atoms. The van der Waals surface area contributed by atoms with E-state index in [9.17, 15) is 10.1 Å². The summed E-state index contributed by atoms with van der Waals surface area (Å²) in [6.45, 7) is 5.17. The molecule has 140 valence electrons. The highest BCUT2D eigenvalue weighted by Crippen LogP contribution is 2.20. The number of benzene rings is 2. The average Bonchev–Trinajstić information content (AvgIpc) is 3.23. The summed E-state index contributed by atoms with van der Waals surface area (Å²) in [6.07, 6.45) is 1.01. The van der Waals surface area contributed by atoms with Gasteiger partial charge in [0.2, 0.25) is 0 Å². The van der Waals surface area contributed by atoms with Gasteiger partial charge in [0.25, 0.3) is 5.91 Å². The van der Waals surface area contributed by atoms with Gasteiger partial charge in [-0.05, 0) is 37.6 Å². The highest BCUT2D eigenvalue weighted by Gasteiger charge is 2.22. The summed E-state index contributed by atoms with van der Waals surface area (Å²) < 4.78 is 11.2. The topological polar surface area (TPSA) is 62.6 Å². The first-order valence-electron chi connectivity index (χ1n) is 9.29. The van der Waals surface area contributed by atoms with Crippen molar-refractivity contribution in [2.45, 2.75) is 20.0 Å². The molecule has 2 aromatic carbocycles. The van der Waals surface area contributed by atoms with Crippen molar-refractivity contribution in [1.82, 2.24) is 4.90 Å². The van der Waals surface area contributed by atoms with Crippen molar-refractivity contribution >= 4 is 5.91 Å². The quantitative estimate of drug-likeness (QED) is 0.752. The van der Waals surface area contributed by atoms with Crippen LogP contribution in [0, 0.1) is 17.2 Å². The van der Waals surface area contributed by atoms with Crippen LogP contribution in [-0.4, -0.2) is 37.1 Å². The Morgan fingerprint density at radius 1 is 1.30 bits per heavy atom. The largest absolute Gasteiger partial charge is 0.489 e. The summed E-state index contributed by atoms with van der Waals surface area (Å²) in [5.41, 5.74) is 2.04. The third-order valence-electron chi connectivity index (χ3n) is 4.78. The van der Waals surface area contributed by atoms with Crippen LogP contribution in [0.3, 0.4) is 0 Å². The van der Waals surface area contributed by atoms with E-state index in [1.165, 1.54) is 0 Å². The molecule has 2 aromatic rings. The number of ether oxygens (including phenoxy) is 2. The summed E-state index contributed by atoms with van der Waals surface area (Å²) in [5.74, 6) is 1.04. The van der Waals surface area contributed by atoms with Crippen molar-refractivity contribution in [3.8, 4) is 11.8 Å². The second-order valence-corrected chi connectivity index (χ2v) is 6.66. The molecule has 1 heterocycles. The van der Waals surface area contributed by atoms with E-state index in [0.717, 1.165) is 31.7 Å². The van der Waals surface area contributed by atoms with Gasteiger partial charge in [0, 0.05) is 36.7 Å². The molecular weight excluding hydrogens is 340 g/mol. The Balaban J connectivity index is 1.67. The minimum Gasteiger partial charge on any atom is -0.489 e. The van der Waals surface area contributed by atoms with Crippen LogP contribution in [0.1, 0.15) is 34.8 Å². The lowest BCUT2D eigenvalue weighted by Gasteiger charge is -2.24. The smallest absolute Gasteiger partial charge is 0.253 e. The van der Waals surface area contributed by atoms with Gasteiger partial charge in [0.05, 0.1) is 18.2 Å². The first-order chi connectivity index (χ1) is 13.2. The van der Waals surface area contributed by atoms with Crippen molar-refractivity contribution in [3.63, 3.8) is 0 Å². The third kappa shape index (κ3) is 4.87. The summed E-state index contributed by atoms with van der Waals surface area (Å²) in [7, 11) is 0. The summed E-state index contributed by atoms with van der Waals surface area (Å²) in [6, 6.07) is 16.7. The fourth-order valence-corrected chi connectivity index (χ4v) is 3.21. The lowest BCUT2D eigenvalue weighted by Crippen LogP contribution is -2.35. The highest BCUT2D eigenvalue weighted by atomic mass is 16.5. The van der Waals surface area contributed by atoms with Crippen molar-refractivity contribution in [2.75, 3.05) is 26.3 Å². The van der Waals surface area contributed by atoms with Crippen LogP contribution in [-0.2, 0) is 11.3 Å². The maximum absolute atomic E-state index is 12.9. The zero-order chi connectivity index (χ0) is 19.1. The molecule has 1 aliphatic heterocycles. The van der Waals surface area contributed by atoms with E-state index < -0.39 is 0 Å². The van der Waals surface area contributed by atoms with Gasteiger partial charge in [-0.3, -0.25) is 4.79 Å². The van der Waals surface area contributed by atoms with Gasteiger partial charge in [0.15, 0.2) is 0 Å². The fraction of sp³-hybridized carbons (Fsp3) is 0.364. The zero-order valence-electron chi connectivity index (χ0n) is 15.6. The number of carbonyl (C=O) groups is 1. The zero-order valence-corrected chi connectivity index (χ0v) is 15.6. The van der Waals surface area contributed by atoms with Crippen LogP contribution in [0.25, 0.3) is 0 Å². The molecule has 0 saturated carbocycles. The number of hydrogen-bond acceptors (Lipinski definition) is 4. The van der Waals surface area contributed by atoms with Crippen molar-refractivity contribution < 1.29 is 14.3 Å². The Morgan fingerprint density at radius 3 is 2.89 bits per heavy atom. The molecule has 0 spiro atoms. The van der Waals surface area contributed by atoms with Crippen LogP contribution >= 0.6 is 0 Å². The molecule has 5 nitrogen and oxygen atoms in total. The Bertz CT molecular complexity index is 822. The van der Waals surface area contributed by atoms with E-state index in [1.807, 2.05) is 48.2 Å². The van der Waals surface area contributed by atoms with E-state index in [4.69, 9.17) is 9.47 Å². The summed E-state index contributed by atoms with van der Waals surface area (Å²) in [4.78, 5) is 14.7. The number of rotatable bonds is 7. The molecule has 5 heteroatoms. The normalized spacial score (nSPS) is 15.9. The molecule has 0 aliphatic carbocycles. The number of nitriles is 1. The molecule has 1 saturated heterocycles. The summed E-state index contributed by atoms with van der Waals surface area (Å²) in [5, 5.41) is 9.17. The number of carbonyl (C=O) groups excluding carboxylic acids is 1. The third-order valence-corrected chi connectivity index (χ3v) is 4.78. The second kappa shape index (κ2) is 9.20. The van der Waals surface area contributed by atoms with Gasteiger partial charge in [0.1, 0.15) is 12.4 Å². The maximum atomic E-state index is 12.9. The monoisotopic (exact) mass is 364 g/mol. The molecule has 1 atom stereocenters. The standard InChI is InChI=1S/C22H24N2O3/c1-2-24(14-17-10-11-26-15-17)22(25)18-8-5-9-21(12-18)27-16-20-7-4-3-6-19(20)13-23/h3-9,12,17H,2,10-11,14-16H2,1H3/t17-/m1/s1. The van der Waals surface area contributed by atoms with E-state index in [0.29, 0.717) is 29.3 Å². The molecule has 0 unspecified atom stereocenters. The van der Waals surface area contributed by atoms with E-state index in [2.05, 4.69) is 6.07 Å². The van der Waals surface area contributed by atoms with Crippen molar-refractivity contribution in [2.24, 2.45) is 5.92 Å². The molecule has 1 amide bonds. The predicted octanol–water partition coefficient (Wildman–Crippen LogP) is 3.64. The number of hydrogen-bond donors (Lipinski definition) is 0. The van der Waals surface area contributed by atoms with Gasteiger partial charge in [-0.1, -0.05) is 24.3 Å². The lowest BCUT2D eigenvalue weighted by molar-refractivity contribution is 0.0730. The first kappa shape index (κ1) is 18.9. The van der Waals surface area contributed by atoms with E-state index >= 15 is 0 Å². The fourth-order valence-electron chi connectivity index (χ4n) is 3.21. The predicted molar refractivity (Wildman–Crippen MR) is 102 cm³/mol. The van der Waals surface area contributed by atoms with Crippen LogP contribution in [0.5, 0.6) is 5.75 Å². The Hall–Kier alpha value is -2.84. The molecule has 1 aliphatic rings. The molecule has 0 aromatic heterocycles. The SMILES string of the molecule is CCN(C[C@H]1CCOC1)C(=O)c1cccc(OCc2ccccc2C#N)c1. The molecule has 1 fully saturated rings. The van der Waals surface area contributed by atoms with Gasteiger partial charge < -0.3 is 14.4 Å². The second-order valence-electron chi connectivity index (χ2n) is 6.66. The maximum Gasteiger partial charge on any atom is 0.253 e. The minimum atomic E-state index is 0.00674. The Labute approximate surface area is 160 Å². The molecule has 0 N–H and O–H groups in total. The van der Waals surface area contributed by atoms with Crippen LogP contribution in [0.2, 0.25) is 0 Å². The molecular formula is C22H24N2O3. The Kier molecular flexibility index (Phi) is 6.45. The Morgan fingerprint density at radius 2 is 2.15 bits per heavy atom. The summed E-state index contributed by atoms with van der Waals surface area (Å²) >= 11 is 0. The lowest BCUT2D eigenvalue weighted by atomic mass is 10.1. The van der Waals surface area contributed by atoms with Gasteiger partial charge in [-0.25, -0.2) is 0 Å². The van der Waals surface area contributed by atoms with Crippen LogP contribution < -0.4 is 4.74 Å². The van der Waals surface area contributed by atoms with Crippen LogP contribution in [0.4, 0.5) is 0 Å². The minimum absolute atomic E-state index is 0.00674. The van der Waals surface area contributed by atoms with Gasteiger partial charge >= 0.3 is 0 Å². The highest BCUT2D eigenvalue weighted by molar-refractivity contribution is 5.94. The first-order valence-corrected chi connectivity index (χ1v) is 9.29. The molecule has 3 rings (SSSR count). The number of amides is 1. The average molecular weight is 364 g/mol. The molecule has 0 radical (unpaired) electrons. The van der Waals surface area contributed by atoms with Crippen LogP contribution in [0.15, 0.2) is 48.5 Å². The van der Waals surface area contributed by atoms with E-state index in [-0.39, 0.29) is 12.5 Å². The van der Waals surface area contributed by atoms with Crippen molar-refractivity contribution in [3.05, 3.63) is 65.2 Å². The van der Waals surface area contributed by atoms with E-state index in [1.54, 1.807) is 12.1 Å². The van der Waals surface area contributed by atoms with Gasteiger partial charge in [-0.15, -0.1) is 0 Å².